The second-order valence-electron chi connectivity index (χ2n) is 3.86. The topological polar surface area (TPSA) is 53.3 Å². The van der Waals surface area contributed by atoms with E-state index in [1.807, 2.05) is 0 Å². The number of hydrogen-bond donors (Lipinski definition) is 1. The molecule has 1 aliphatic heterocycles. The van der Waals surface area contributed by atoms with E-state index in [-0.39, 0.29) is 11.2 Å². The van der Waals surface area contributed by atoms with Gasteiger partial charge >= 0.3 is 0 Å². The molecular weight excluding hydrogens is 236 g/mol. The summed E-state index contributed by atoms with van der Waals surface area (Å²) in [5, 5.41) is 9.05. The first kappa shape index (κ1) is 11.8. The molecule has 4 nitrogen and oxygen atoms in total. The summed E-state index contributed by atoms with van der Waals surface area (Å²) in [5.41, 5.74) is 1.16. The van der Waals surface area contributed by atoms with E-state index in [1.165, 1.54) is 7.11 Å². The number of anilines is 1. The zero-order valence-electron chi connectivity index (χ0n) is 9.38. The van der Waals surface area contributed by atoms with Crippen LogP contribution in [0.3, 0.4) is 0 Å². The van der Waals surface area contributed by atoms with Crippen molar-refractivity contribution in [1.82, 2.24) is 0 Å². The van der Waals surface area contributed by atoms with Crippen molar-refractivity contribution in [2.75, 3.05) is 18.6 Å². The van der Waals surface area contributed by atoms with Crippen LogP contribution in [0.2, 0.25) is 0 Å². The summed E-state index contributed by atoms with van der Waals surface area (Å²) in [4.78, 5) is 13.4. The quantitative estimate of drug-likeness (QED) is 0.809. The molecule has 1 unspecified atom stereocenters. The summed E-state index contributed by atoms with van der Waals surface area (Å²) >= 11 is 4.30. The van der Waals surface area contributed by atoms with Gasteiger partial charge in [-0.15, -0.1) is 0 Å². The molecule has 1 atom stereocenters. The van der Waals surface area contributed by atoms with Crippen LogP contribution >= 0.6 is 12.6 Å². The molecule has 5 heteroatoms. The molecule has 88 valence electrons. The Balaban J connectivity index is 2.35. The van der Waals surface area contributed by atoms with Crippen LogP contribution in [0.4, 0.5) is 5.69 Å². The Bertz CT molecular complexity index is 496. The zero-order chi connectivity index (χ0) is 12.4. The number of nitrogens with zero attached hydrogens (tertiary/aromatic N) is 2. The lowest BCUT2D eigenvalue weighted by atomic mass is 10.2. The van der Waals surface area contributed by atoms with Crippen molar-refractivity contribution in [1.29, 1.82) is 5.26 Å². The molecule has 0 N–H and O–H groups in total. The van der Waals surface area contributed by atoms with Crippen molar-refractivity contribution in [2.45, 2.75) is 11.7 Å². The maximum Gasteiger partial charge on any atom is 0.228 e. The highest BCUT2D eigenvalue weighted by molar-refractivity contribution is 7.81. The number of carbonyl (C=O) groups excluding carboxylic acids is 1. The van der Waals surface area contributed by atoms with E-state index in [1.54, 1.807) is 23.1 Å². The monoisotopic (exact) mass is 248 g/mol. The second kappa shape index (κ2) is 4.68. The number of thiol groups is 1. The maximum atomic E-state index is 11.7. The zero-order valence-corrected chi connectivity index (χ0v) is 10.3. The minimum Gasteiger partial charge on any atom is -0.495 e. The van der Waals surface area contributed by atoms with E-state index >= 15 is 0 Å². The van der Waals surface area contributed by atoms with Crippen molar-refractivity contribution in [3.63, 3.8) is 0 Å². The van der Waals surface area contributed by atoms with E-state index in [0.29, 0.717) is 24.3 Å². The van der Waals surface area contributed by atoms with Crippen molar-refractivity contribution in [2.24, 2.45) is 0 Å². The van der Waals surface area contributed by atoms with Gasteiger partial charge in [0.25, 0.3) is 0 Å². The van der Waals surface area contributed by atoms with Gasteiger partial charge in [-0.2, -0.15) is 17.9 Å². The van der Waals surface area contributed by atoms with Gasteiger partial charge in [0.05, 0.1) is 12.7 Å². The number of nitriles is 1. The molecule has 0 aliphatic carbocycles. The minimum absolute atomic E-state index is 0.0408. The standard InChI is InChI=1S/C12H12N2O2S/c1-16-11-3-2-9(4-8(11)6-13)14-7-10(17)5-12(14)15/h2-4,10,17H,5,7H2,1H3. The van der Waals surface area contributed by atoms with Crippen molar-refractivity contribution < 1.29 is 9.53 Å². The molecule has 0 aromatic heterocycles. The third-order valence-electron chi connectivity index (χ3n) is 2.72. The molecule has 0 radical (unpaired) electrons. The van der Waals surface area contributed by atoms with E-state index in [0.717, 1.165) is 5.69 Å². The number of ether oxygens (including phenoxy) is 1. The van der Waals surface area contributed by atoms with Gasteiger partial charge < -0.3 is 9.64 Å². The third kappa shape index (κ3) is 2.22. The molecule has 1 aliphatic rings. The number of methoxy groups -OCH3 is 1. The number of rotatable bonds is 2. The van der Waals surface area contributed by atoms with Crippen molar-refractivity contribution in [3.8, 4) is 11.8 Å². The Labute approximate surface area is 105 Å². The van der Waals surface area contributed by atoms with E-state index < -0.39 is 0 Å². The largest absolute Gasteiger partial charge is 0.495 e. The Kier molecular flexibility index (Phi) is 3.25. The van der Waals surface area contributed by atoms with Gasteiger partial charge in [0.2, 0.25) is 5.91 Å². The molecule has 0 saturated carbocycles. The molecule has 1 aromatic rings. The number of amides is 1. The Morgan fingerprint density at radius 2 is 2.35 bits per heavy atom. The van der Waals surface area contributed by atoms with Crippen molar-refractivity contribution in [3.05, 3.63) is 23.8 Å². The first-order chi connectivity index (χ1) is 8.15. The SMILES string of the molecule is COc1ccc(N2CC(S)CC2=O)cc1C#N. The van der Waals surface area contributed by atoms with Gasteiger partial charge in [-0.1, -0.05) is 0 Å². The summed E-state index contributed by atoms with van der Waals surface area (Å²) < 4.78 is 5.06. The number of carbonyl (C=O) groups is 1. The fraction of sp³-hybridized carbons (Fsp3) is 0.333. The van der Waals surface area contributed by atoms with Crippen LogP contribution in [0, 0.1) is 11.3 Å². The van der Waals surface area contributed by atoms with E-state index in [2.05, 4.69) is 18.7 Å². The first-order valence-electron chi connectivity index (χ1n) is 5.22. The Morgan fingerprint density at radius 1 is 1.59 bits per heavy atom. The van der Waals surface area contributed by atoms with Gasteiger partial charge in [-0.25, -0.2) is 0 Å². The summed E-state index contributed by atoms with van der Waals surface area (Å²) in [5.74, 6) is 0.560. The van der Waals surface area contributed by atoms with Crippen LogP contribution in [-0.2, 0) is 4.79 Å². The maximum absolute atomic E-state index is 11.7. The lowest BCUT2D eigenvalue weighted by Gasteiger charge is -2.16. The molecule has 0 spiro atoms. The fourth-order valence-electron chi connectivity index (χ4n) is 1.89. The fourth-order valence-corrected chi connectivity index (χ4v) is 2.21. The summed E-state index contributed by atoms with van der Waals surface area (Å²) in [6.07, 6.45) is 0.441. The van der Waals surface area contributed by atoms with Gasteiger partial charge in [0.1, 0.15) is 11.8 Å². The summed E-state index contributed by atoms with van der Waals surface area (Å²) in [7, 11) is 1.51. The highest BCUT2D eigenvalue weighted by atomic mass is 32.1. The van der Waals surface area contributed by atoms with Gasteiger partial charge in [0, 0.05) is 23.9 Å². The van der Waals surface area contributed by atoms with Gasteiger partial charge in [0.15, 0.2) is 0 Å². The van der Waals surface area contributed by atoms with Crippen LogP contribution in [0.5, 0.6) is 5.75 Å². The predicted octanol–water partition coefficient (Wildman–Crippen LogP) is 1.60. The molecule has 1 heterocycles. The average molecular weight is 248 g/mol. The van der Waals surface area contributed by atoms with Crippen molar-refractivity contribution >= 4 is 24.2 Å². The minimum atomic E-state index is 0.0408. The predicted molar refractivity (Wildman–Crippen MR) is 67.5 cm³/mol. The average Bonchev–Trinajstić information content (AvgIpc) is 2.67. The Morgan fingerprint density at radius 3 is 2.88 bits per heavy atom. The van der Waals surface area contributed by atoms with Crippen LogP contribution in [0.1, 0.15) is 12.0 Å². The molecule has 2 rings (SSSR count). The molecule has 1 amide bonds. The number of hydrogen-bond acceptors (Lipinski definition) is 4. The van der Waals surface area contributed by atoms with E-state index in [4.69, 9.17) is 10.00 Å². The lowest BCUT2D eigenvalue weighted by molar-refractivity contribution is -0.117. The lowest BCUT2D eigenvalue weighted by Crippen LogP contribution is -2.24. The smallest absolute Gasteiger partial charge is 0.228 e. The summed E-state index contributed by atoms with van der Waals surface area (Å²) in [6.45, 7) is 0.582. The van der Waals surface area contributed by atoms with Crippen LogP contribution in [0.25, 0.3) is 0 Å². The normalized spacial score (nSPS) is 19.2. The van der Waals surface area contributed by atoms with Crippen LogP contribution in [-0.4, -0.2) is 24.8 Å². The summed E-state index contributed by atoms with van der Waals surface area (Å²) in [6, 6.07) is 7.21. The highest BCUT2D eigenvalue weighted by Gasteiger charge is 2.28. The van der Waals surface area contributed by atoms with Crippen LogP contribution < -0.4 is 9.64 Å². The third-order valence-corrected chi connectivity index (χ3v) is 3.07. The molecule has 0 bridgehead atoms. The Hall–Kier alpha value is -1.67. The molecule has 1 fully saturated rings. The molecular formula is C12H12N2O2S. The first-order valence-corrected chi connectivity index (χ1v) is 5.74. The van der Waals surface area contributed by atoms with E-state index in [9.17, 15) is 4.79 Å². The molecule has 1 saturated heterocycles. The molecule has 1 aromatic carbocycles. The molecule has 17 heavy (non-hydrogen) atoms. The van der Waals surface area contributed by atoms with Gasteiger partial charge in [-0.3, -0.25) is 4.79 Å². The van der Waals surface area contributed by atoms with Gasteiger partial charge in [-0.05, 0) is 18.2 Å². The highest BCUT2D eigenvalue weighted by Crippen LogP contribution is 2.28. The van der Waals surface area contributed by atoms with Crippen LogP contribution in [0.15, 0.2) is 18.2 Å². The number of benzene rings is 1. The second-order valence-corrected chi connectivity index (χ2v) is 4.59.